The summed E-state index contributed by atoms with van der Waals surface area (Å²) in [6, 6.07) is 0. The van der Waals surface area contributed by atoms with Crippen molar-refractivity contribution in [2.75, 3.05) is 33.9 Å². The predicted molar refractivity (Wildman–Crippen MR) is 155 cm³/mol. The fraction of sp³-hybridized carbons (Fsp3) is 1.00. The largest absolute Gasteiger partial charge is 1.00 e. The second-order valence-corrected chi connectivity index (χ2v) is 12.1. The average molecular weight is 562 g/mol. The summed E-state index contributed by atoms with van der Waals surface area (Å²) < 4.78 is 26.6. The van der Waals surface area contributed by atoms with E-state index in [1.54, 1.807) is 0 Å². The van der Waals surface area contributed by atoms with Gasteiger partial charge in [-0.3, -0.25) is 9.05 Å². The van der Waals surface area contributed by atoms with E-state index in [9.17, 15) is 4.57 Å². The zero-order valence-electron chi connectivity index (χ0n) is 26.0. The molecule has 0 aliphatic heterocycles. The van der Waals surface area contributed by atoms with Crippen LogP contribution < -0.4 is 34.5 Å². The van der Waals surface area contributed by atoms with Crippen molar-refractivity contribution in [1.82, 2.24) is 0 Å². The molecule has 0 heterocycles. The minimum Gasteiger partial charge on any atom is -0.340 e. The first kappa shape index (κ1) is 42.5. The Morgan fingerprint density at radius 1 is 0.541 bits per heavy atom. The third-order valence-electron chi connectivity index (χ3n) is 6.34. The van der Waals surface area contributed by atoms with Gasteiger partial charge in [-0.15, -0.1) is 4.67 Å². The summed E-state index contributed by atoms with van der Waals surface area (Å²) in [4.78, 5) is 1.54. The first-order valence-corrected chi connectivity index (χ1v) is 16.9. The van der Waals surface area contributed by atoms with Crippen LogP contribution >= 0.6 is 7.82 Å². The maximum absolute atomic E-state index is 12.2. The third kappa shape index (κ3) is 37.0. The molecule has 0 radical (unpaired) electrons. The maximum atomic E-state index is 12.2. The molecule has 8 heteroatoms. The van der Waals surface area contributed by atoms with Crippen molar-refractivity contribution >= 4 is 7.82 Å². The Bertz CT molecular complexity index is 428. The summed E-state index contributed by atoms with van der Waals surface area (Å²) >= 11 is 0. The van der Waals surface area contributed by atoms with Crippen molar-refractivity contribution in [2.24, 2.45) is 0 Å². The second kappa shape index (κ2) is 35.1. The third-order valence-corrected chi connectivity index (χ3v) is 7.54. The number of unbranched alkanes of at least 4 members (excludes halogenated alkanes) is 18. The molecule has 0 aromatic carbocycles. The van der Waals surface area contributed by atoms with Gasteiger partial charge in [0, 0.05) is 0 Å². The number of hydrogen-bond donors (Lipinski definition) is 2. The van der Waals surface area contributed by atoms with Crippen LogP contribution in [0.25, 0.3) is 0 Å². The van der Waals surface area contributed by atoms with Gasteiger partial charge >= 0.3 is 37.4 Å². The van der Waals surface area contributed by atoms with Gasteiger partial charge in [-0.1, -0.05) is 136 Å². The first-order valence-electron chi connectivity index (χ1n) is 15.5. The molecule has 0 saturated carbocycles. The van der Waals surface area contributed by atoms with Crippen molar-refractivity contribution in [2.45, 2.75) is 156 Å². The summed E-state index contributed by atoms with van der Waals surface area (Å²) in [7, 11) is 0.541. The van der Waals surface area contributed by atoms with Crippen molar-refractivity contribution < 1.29 is 58.0 Å². The Hall–Kier alpha value is 1.03. The molecule has 37 heavy (non-hydrogen) atoms. The summed E-state index contributed by atoms with van der Waals surface area (Å²) in [5.41, 5.74) is 0. The molecule has 0 unspecified atom stereocenters. The van der Waals surface area contributed by atoms with Crippen LogP contribution in [0.15, 0.2) is 0 Å². The molecule has 2 N–H and O–H groups in total. The van der Waals surface area contributed by atoms with E-state index >= 15 is 0 Å². The SMILES string of the molecule is CCCCCCCCCCCCOP(=O)(OO)OCCCCCCCCCCCC.CCC[NH+](C)C.[Na+]. The zero-order valence-corrected chi connectivity index (χ0v) is 28.9. The van der Waals surface area contributed by atoms with Gasteiger partial charge < -0.3 is 4.90 Å². The maximum Gasteiger partial charge on any atom is 1.00 e. The van der Waals surface area contributed by atoms with Crippen molar-refractivity contribution in [1.29, 1.82) is 0 Å². The Labute approximate surface area is 254 Å². The summed E-state index contributed by atoms with van der Waals surface area (Å²) in [6.45, 7) is 8.57. The standard InChI is InChI=1S/C24H51O5P.C5H13N.Na/c1-3-5-7-9-11-13-15-17-19-21-23-27-30(26,29-25)28-24-22-20-18-16-14-12-10-8-6-4-2;1-4-5-6(2)3;/h25H,3-24H2,1-2H3;4-5H2,1-3H3;/q;;+1/p+1. The van der Waals surface area contributed by atoms with E-state index in [4.69, 9.17) is 14.3 Å². The molecule has 0 rings (SSSR count). The van der Waals surface area contributed by atoms with Crippen LogP contribution in [0.5, 0.6) is 0 Å². The number of phosphoric acid groups is 1. The van der Waals surface area contributed by atoms with Crippen LogP contribution in [-0.4, -0.2) is 39.1 Å². The van der Waals surface area contributed by atoms with Gasteiger partial charge in [-0.25, -0.2) is 9.82 Å². The van der Waals surface area contributed by atoms with Crippen LogP contribution in [0.2, 0.25) is 0 Å². The molecular formula is C29H65NNaO5P+2. The summed E-state index contributed by atoms with van der Waals surface area (Å²) in [5, 5.41) is 8.89. The van der Waals surface area contributed by atoms with Crippen LogP contribution in [0.4, 0.5) is 0 Å². The van der Waals surface area contributed by atoms with Crippen LogP contribution in [0, 0.1) is 0 Å². The van der Waals surface area contributed by atoms with Crippen molar-refractivity contribution in [3.8, 4) is 0 Å². The van der Waals surface area contributed by atoms with E-state index in [0.717, 1.165) is 25.7 Å². The monoisotopic (exact) mass is 561 g/mol. The molecule has 0 aliphatic carbocycles. The van der Waals surface area contributed by atoms with Crippen molar-refractivity contribution in [3.05, 3.63) is 0 Å². The molecule has 0 aliphatic rings. The Morgan fingerprint density at radius 2 is 0.838 bits per heavy atom. The quantitative estimate of drug-likeness (QED) is 0.0423. The number of rotatable bonds is 27. The number of phosphoric ester groups is 1. The van der Waals surface area contributed by atoms with Crippen molar-refractivity contribution in [3.63, 3.8) is 0 Å². The second-order valence-electron chi connectivity index (χ2n) is 10.5. The van der Waals surface area contributed by atoms with Gasteiger partial charge in [-0.2, -0.15) is 0 Å². The molecule has 6 nitrogen and oxygen atoms in total. The minimum atomic E-state index is -3.80. The molecule has 0 amide bonds. The normalized spacial score (nSPS) is 11.3. The van der Waals surface area contributed by atoms with Gasteiger partial charge in [0.15, 0.2) is 0 Å². The zero-order chi connectivity index (χ0) is 27.2. The van der Waals surface area contributed by atoms with Gasteiger partial charge in [0.2, 0.25) is 0 Å². The molecule has 0 aromatic rings. The molecule has 0 aromatic heterocycles. The molecule has 0 saturated heterocycles. The van der Waals surface area contributed by atoms with E-state index in [1.807, 2.05) is 0 Å². The van der Waals surface area contributed by atoms with E-state index < -0.39 is 7.82 Å². The first-order chi connectivity index (χ1) is 17.5. The molecule has 0 bridgehead atoms. The Balaban J connectivity index is -0.00000146. The smallest absolute Gasteiger partial charge is 0.340 e. The van der Waals surface area contributed by atoms with E-state index in [2.05, 4.69) is 39.5 Å². The molecule has 0 spiro atoms. The topological polar surface area (TPSA) is 69.4 Å². The minimum absolute atomic E-state index is 0. The van der Waals surface area contributed by atoms with Gasteiger partial charge in [0.25, 0.3) is 0 Å². The summed E-state index contributed by atoms with van der Waals surface area (Å²) in [6.07, 6.45) is 25.8. The molecule has 0 atom stereocenters. The predicted octanol–water partition coefficient (Wildman–Crippen LogP) is 6.00. The molecular weight excluding hydrogens is 496 g/mol. The van der Waals surface area contributed by atoms with Gasteiger partial charge in [0.1, 0.15) is 0 Å². The number of nitrogens with one attached hydrogen (secondary N) is 1. The van der Waals surface area contributed by atoms with Gasteiger partial charge in [0.05, 0.1) is 33.9 Å². The Morgan fingerprint density at radius 3 is 1.05 bits per heavy atom. The van der Waals surface area contributed by atoms with Gasteiger partial charge in [-0.05, 0) is 19.3 Å². The molecule has 220 valence electrons. The van der Waals surface area contributed by atoms with Crippen LogP contribution in [0.3, 0.4) is 0 Å². The number of quaternary nitrogens is 1. The molecule has 0 fully saturated rings. The van der Waals surface area contributed by atoms with E-state index in [0.29, 0.717) is 13.2 Å². The van der Waals surface area contributed by atoms with E-state index in [-0.39, 0.29) is 29.6 Å². The van der Waals surface area contributed by atoms with E-state index in [1.165, 1.54) is 121 Å². The average Bonchev–Trinajstić information content (AvgIpc) is 2.86. The van der Waals surface area contributed by atoms with Crippen LogP contribution in [-0.2, 0) is 18.3 Å². The Kier molecular flexibility index (Phi) is 40.3. The van der Waals surface area contributed by atoms with Crippen LogP contribution in [0.1, 0.15) is 156 Å². The number of hydrogen-bond acceptors (Lipinski definition) is 5. The fourth-order valence-electron chi connectivity index (χ4n) is 4.12. The summed E-state index contributed by atoms with van der Waals surface area (Å²) in [5.74, 6) is 0. The fourth-order valence-corrected chi connectivity index (χ4v) is 4.99.